The molecule has 1 aromatic heterocycles. The Morgan fingerprint density at radius 3 is 2.53 bits per heavy atom. The van der Waals surface area contributed by atoms with Gasteiger partial charge in [-0.25, -0.2) is 9.97 Å². The number of aromatic nitrogens is 2. The largest absolute Gasteiger partial charge is 0.245 e. The molecule has 15 heavy (non-hydrogen) atoms. The van der Waals surface area contributed by atoms with E-state index in [0.717, 1.165) is 11.3 Å². The molecule has 1 unspecified atom stereocenters. The molecule has 1 aromatic carbocycles. The lowest BCUT2D eigenvalue weighted by atomic mass is 10.1. The smallest absolute Gasteiger partial charge is 0.116 e. The van der Waals surface area contributed by atoms with E-state index in [1.165, 1.54) is 5.56 Å². The monoisotopic (exact) mass is 218 g/mol. The van der Waals surface area contributed by atoms with Crippen molar-refractivity contribution in [1.82, 2.24) is 9.97 Å². The van der Waals surface area contributed by atoms with Gasteiger partial charge in [0.05, 0.1) is 5.69 Å². The highest BCUT2D eigenvalue weighted by Gasteiger charge is 1.96. The molecule has 3 heteroatoms. The first-order chi connectivity index (χ1) is 7.36. The van der Waals surface area contributed by atoms with Crippen LogP contribution >= 0.6 is 9.24 Å². The Labute approximate surface area is 93.0 Å². The van der Waals surface area contributed by atoms with E-state index in [1.54, 1.807) is 12.5 Å². The summed E-state index contributed by atoms with van der Waals surface area (Å²) in [7, 11) is 2.42. The van der Waals surface area contributed by atoms with Crippen molar-refractivity contribution in [2.45, 2.75) is 6.92 Å². The molecule has 2 rings (SSSR count). The molecular formula is C12H15N2P. The number of aryl methyl sites for hydroxylation is 1. The van der Waals surface area contributed by atoms with Gasteiger partial charge in [0, 0.05) is 11.8 Å². The van der Waals surface area contributed by atoms with E-state index in [0.29, 0.717) is 0 Å². The molecule has 0 aliphatic rings. The van der Waals surface area contributed by atoms with Crippen LogP contribution in [0, 0.1) is 6.92 Å². The molecule has 1 heterocycles. The molecule has 0 amide bonds. The number of hydrogen-bond acceptors (Lipinski definition) is 2. The van der Waals surface area contributed by atoms with E-state index in [4.69, 9.17) is 0 Å². The zero-order valence-electron chi connectivity index (χ0n) is 9.01. The lowest BCUT2D eigenvalue weighted by molar-refractivity contribution is 1.17. The maximum atomic E-state index is 4.18. The van der Waals surface area contributed by atoms with Crippen LogP contribution < -0.4 is 0 Å². The topological polar surface area (TPSA) is 25.8 Å². The van der Waals surface area contributed by atoms with Crippen LogP contribution in [0.2, 0.25) is 0 Å². The van der Waals surface area contributed by atoms with Gasteiger partial charge in [-0.2, -0.15) is 0 Å². The SMILES string of the molecule is CP.Cc1cccc(-c2ccncn2)c1. The Kier molecular flexibility index (Phi) is 4.92. The van der Waals surface area contributed by atoms with Crippen molar-refractivity contribution in [1.29, 1.82) is 0 Å². The van der Waals surface area contributed by atoms with Crippen LogP contribution in [0.3, 0.4) is 0 Å². The van der Waals surface area contributed by atoms with E-state index >= 15 is 0 Å². The predicted octanol–water partition coefficient (Wildman–Crippen LogP) is 2.94. The third kappa shape index (κ3) is 3.41. The van der Waals surface area contributed by atoms with Crippen LogP contribution in [0.1, 0.15) is 5.56 Å². The molecule has 0 aliphatic heterocycles. The number of rotatable bonds is 1. The average Bonchev–Trinajstić information content (AvgIpc) is 2.33. The molecule has 2 aromatic rings. The minimum Gasteiger partial charge on any atom is -0.245 e. The summed E-state index contributed by atoms with van der Waals surface area (Å²) in [6.45, 7) is 3.99. The minimum atomic E-state index is 0.971. The fourth-order valence-electron chi connectivity index (χ4n) is 1.27. The van der Waals surface area contributed by atoms with E-state index < -0.39 is 0 Å². The Balaban J connectivity index is 0.000000531. The summed E-state index contributed by atoms with van der Waals surface area (Å²) in [5.74, 6) is 0. The lowest BCUT2D eigenvalue weighted by Crippen LogP contribution is -1.83. The zero-order chi connectivity index (χ0) is 11.1. The van der Waals surface area contributed by atoms with Gasteiger partial charge in [0.2, 0.25) is 0 Å². The van der Waals surface area contributed by atoms with Gasteiger partial charge in [0.25, 0.3) is 0 Å². The molecule has 0 bridgehead atoms. The summed E-state index contributed by atoms with van der Waals surface area (Å²) in [4.78, 5) is 8.06. The van der Waals surface area contributed by atoms with Gasteiger partial charge in [-0.3, -0.25) is 0 Å². The van der Waals surface area contributed by atoms with E-state index in [9.17, 15) is 0 Å². The van der Waals surface area contributed by atoms with Crippen LogP contribution in [-0.2, 0) is 0 Å². The van der Waals surface area contributed by atoms with Crippen molar-refractivity contribution in [3.8, 4) is 11.3 Å². The number of benzene rings is 1. The molecule has 2 nitrogen and oxygen atoms in total. The highest BCUT2D eigenvalue weighted by molar-refractivity contribution is 7.15. The van der Waals surface area contributed by atoms with Crippen molar-refractivity contribution >= 4 is 9.24 Å². The van der Waals surface area contributed by atoms with E-state index in [-0.39, 0.29) is 0 Å². The number of hydrogen-bond donors (Lipinski definition) is 0. The first-order valence-corrected chi connectivity index (χ1v) is 5.92. The summed E-state index contributed by atoms with van der Waals surface area (Å²) in [6, 6.07) is 10.2. The molecule has 0 saturated heterocycles. The average molecular weight is 218 g/mol. The van der Waals surface area contributed by atoms with Crippen LogP contribution in [0.15, 0.2) is 42.9 Å². The molecule has 0 saturated carbocycles. The van der Waals surface area contributed by atoms with Gasteiger partial charge < -0.3 is 0 Å². The van der Waals surface area contributed by atoms with Crippen LogP contribution in [-0.4, -0.2) is 16.6 Å². The van der Waals surface area contributed by atoms with Crippen LogP contribution in [0.25, 0.3) is 11.3 Å². The Morgan fingerprint density at radius 2 is 1.93 bits per heavy atom. The van der Waals surface area contributed by atoms with Crippen molar-refractivity contribution in [3.63, 3.8) is 0 Å². The summed E-state index contributed by atoms with van der Waals surface area (Å²) in [5, 5.41) is 0. The maximum Gasteiger partial charge on any atom is 0.116 e. The predicted molar refractivity (Wildman–Crippen MR) is 67.8 cm³/mol. The fraction of sp³-hybridized carbons (Fsp3) is 0.167. The van der Waals surface area contributed by atoms with Gasteiger partial charge in [0.1, 0.15) is 6.33 Å². The summed E-state index contributed by atoms with van der Waals surface area (Å²) < 4.78 is 0. The molecule has 0 radical (unpaired) electrons. The third-order valence-corrected chi connectivity index (χ3v) is 1.90. The molecule has 0 aliphatic carbocycles. The van der Waals surface area contributed by atoms with Gasteiger partial charge in [-0.1, -0.05) is 30.4 Å². The van der Waals surface area contributed by atoms with Crippen LogP contribution in [0.4, 0.5) is 0 Å². The minimum absolute atomic E-state index is 0.971. The van der Waals surface area contributed by atoms with Crippen molar-refractivity contribution < 1.29 is 0 Å². The molecular weight excluding hydrogens is 203 g/mol. The first kappa shape index (κ1) is 11.8. The summed E-state index contributed by atoms with van der Waals surface area (Å²) in [5.41, 5.74) is 3.36. The molecule has 78 valence electrons. The molecule has 0 fully saturated rings. The number of nitrogens with zero attached hydrogens (tertiary/aromatic N) is 2. The lowest BCUT2D eigenvalue weighted by Gasteiger charge is -1.99. The molecule has 0 spiro atoms. The second-order valence-electron chi connectivity index (χ2n) is 2.96. The van der Waals surface area contributed by atoms with Crippen molar-refractivity contribution in [3.05, 3.63) is 48.4 Å². The normalized spacial score (nSPS) is 9.00. The van der Waals surface area contributed by atoms with E-state index in [2.05, 4.69) is 44.3 Å². The summed E-state index contributed by atoms with van der Waals surface area (Å²) >= 11 is 0. The Hall–Kier alpha value is -1.27. The van der Waals surface area contributed by atoms with Gasteiger partial charge >= 0.3 is 0 Å². The summed E-state index contributed by atoms with van der Waals surface area (Å²) in [6.07, 6.45) is 3.32. The first-order valence-electron chi connectivity index (χ1n) is 4.77. The highest BCUT2D eigenvalue weighted by atomic mass is 31.0. The van der Waals surface area contributed by atoms with E-state index in [1.807, 2.05) is 18.8 Å². The quantitative estimate of drug-likeness (QED) is 0.688. The van der Waals surface area contributed by atoms with Crippen molar-refractivity contribution in [2.24, 2.45) is 0 Å². The Bertz CT molecular complexity index is 401. The van der Waals surface area contributed by atoms with Gasteiger partial charge in [-0.15, -0.1) is 9.24 Å². The van der Waals surface area contributed by atoms with Gasteiger partial charge in [0.15, 0.2) is 0 Å². The standard InChI is InChI=1S/C11H10N2.CH5P/c1-9-3-2-4-10(7-9)11-5-6-12-8-13-11;1-2/h2-8H,1H3;2H2,1H3. The maximum absolute atomic E-state index is 4.18. The zero-order valence-corrected chi connectivity index (χ0v) is 10.2. The highest BCUT2D eigenvalue weighted by Crippen LogP contribution is 2.16. The third-order valence-electron chi connectivity index (χ3n) is 1.90. The van der Waals surface area contributed by atoms with Gasteiger partial charge in [-0.05, 0) is 19.1 Å². The molecule has 1 atom stereocenters. The second-order valence-corrected chi connectivity index (χ2v) is 2.96. The van der Waals surface area contributed by atoms with Crippen molar-refractivity contribution in [2.75, 3.05) is 6.66 Å². The van der Waals surface area contributed by atoms with Crippen LogP contribution in [0.5, 0.6) is 0 Å². The Morgan fingerprint density at radius 1 is 1.13 bits per heavy atom. The fourth-order valence-corrected chi connectivity index (χ4v) is 1.27. The molecule has 0 N–H and O–H groups in total. The second kappa shape index (κ2) is 6.26.